The second-order valence-corrected chi connectivity index (χ2v) is 20.2. The van der Waals surface area contributed by atoms with E-state index in [0.29, 0.717) is 42.4 Å². The summed E-state index contributed by atoms with van der Waals surface area (Å²) >= 11 is 0. The van der Waals surface area contributed by atoms with Crippen molar-refractivity contribution in [3.63, 3.8) is 0 Å². The minimum atomic E-state index is -2.38. The van der Waals surface area contributed by atoms with E-state index >= 15 is 0 Å². The molecule has 7 rings (SSSR count). The van der Waals surface area contributed by atoms with E-state index in [2.05, 4.69) is 52.8 Å². The highest BCUT2D eigenvalue weighted by molar-refractivity contribution is 5.27. The van der Waals surface area contributed by atoms with Crippen molar-refractivity contribution in [1.29, 1.82) is 0 Å². The molecule has 3 heterocycles. The summed E-state index contributed by atoms with van der Waals surface area (Å²) < 4.78 is 37.1. The van der Waals surface area contributed by atoms with Gasteiger partial charge in [0.25, 0.3) is 0 Å². The number of ether oxygens (including phenoxy) is 6. The Bertz CT molecular complexity index is 1660. The maximum Gasteiger partial charge on any atom is 0.218 e. The predicted octanol–water partition coefficient (Wildman–Crippen LogP) is 1.53. The molecule has 12 N–H and O–H groups in total. The first kappa shape index (κ1) is 48.2. The fraction of sp³-hybridized carbons (Fsp3) is 0.867. The molecule has 6 fully saturated rings. The molecule has 20 unspecified atom stereocenters. The van der Waals surface area contributed by atoms with Gasteiger partial charge in [-0.25, -0.2) is 0 Å². The fourth-order valence-corrected chi connectivity index (χ4v) is 12.7. The number of nitrogens with two attached hydrogens (primary N) is 1. The maximum atomic E-state index is 11.4. The van der Waals surface area contributed by atoms with Crippen molar-refractivity contribution in [3.05, 3.63) is 35.3 Å². The molecule has 0 bridgehead atoms. The highest BCUT2D eigenvalue weighted by Gasteiger charge is 2.67. The van der Waals surface area contributed by atoms with Gasteiger partial charge in [-0.2, -0.15) is 0 Å². The molecule has 7 aliphatic rings. The number of fused-ring (bicyclic) bond motifs is 7. The van der Waals surface area contributed by atoms with E-state index in [1.165, 1.54) is 12.5 Å². The average molecular weight is 884 g/mol. The number of allylic oxidation sites excluding steroid dienone is 2. The van der Waals surface area contributed by atoms with E-state index in [1.54, 1.807) is 0 Å². The zero-order valence-electron chi connectivity index (χ0n) is 36.8. The van der Waals surface area contributed by atoms with Gasteiger partial charge in [0.2, 0.25) is 6.29 Å². The number of aliphatic hydroxyl groups excluding tert-OH is 10. The summed E-state index contributed by atoms with van der Waals surface area (Å²) in [5.41, 5.74) is 7.48. The van der Waals surface area contributed by atoms with Crippen LogP contribution < -0.4 is 5.73 Å². The summed E-state index contributed by atoms with van der Waals surface area (Å²) in [6.45, 7) is 11.6. The van der Waals surface area contributed by atoms with Gasteiger partial charge in [0.15, 0.2) is 24.1 Å². The molecule has 354 valence electrons. The van der Waals surface area contributed by atoms with Crippen LogP contribution in [0.2, 0.25) is 0 Å². The van der Waals surface area contributed by atoms with Crippen LogP contribution in [0.4, 0.5) is 0 Å². The van der Waals surface area contributed by atoms with Crippen LogP contribution in [-0.2, 0) is 28.4 Å². The summed E-state index contributed by atoms with van der Waals surface area (Å²) in [7, 11) is 0. The maximum absolute atomic E-state index is 11.4. The summed E-state index contributed by atoms with van der Waals surface area (Å²) in [5, 5.41) is 105. The van der Waals surface area contributed by atoms with Crippen molar-refractivity contribution in [2.45, 2.75) is 185 Å². The molecule has 62 heavy (non-hydrogen) atoms. The van der Waals surface area contributed by atoms with Gasteiger partial charge in [0, 0.05) is 18.9 Å². The molecule has 0 aromatic rings. The van der Waals surface area contributed by atoms with E-state index in [4.69, 9.17) is 34.2 Å². The molecule has 0 radical (unpaired) electrons. The fourth-order valence-electron chi connectivity index (χ4n) is 12.7. The SMILES string of the molecule is CC(C)/C=C/[C@@]1(N)OC2CC3C4CC=C5CC(OC6OC(CO)C(O)C(OC(O)/C(O)=C(\O)C(O)CCO)C6OC6OC(C)C(O)C(O)C6O)CCC5(C)C4CCC3(C)C2[C@@H]1C. The van der Waals surface area contributed by atoms with Gasteiger partial charge >= 0.3 is 0 Å². The first-order valence-corrected chi connectivity index (χ1v) is 22.7. The van der Waals surface area contributed by atoms with Gasteiger partial charge < -0.3 is 79.5 Å². The third-order valence-electron chi connectivity index (χ3n) is 16.2. The summed E-state index contributed by atoms with van der Waals surface area (Å²) in [5.74, 6) is 0.0860. The lowest BCUT2D eigenvalue weighted by molar-refractivity contribution is -0.380. The molecule has 0 spiro atoms. The Morgan fingerprint density at radius 2 is 1.63 bits per heavy atom. The van der Waals surface area contributed by atoms with Gasteiger partial charge in [-0.05, 0) is 98.4 Å². The van der Waals surface area contributed by atoms with E-state index in [-0.39, 0.29) is 29.3 Å². The molecular weight excluding hydrogens is 810 g/mol. The first-order valence-electron chi connectivity index (χ1n) is 22.7. The molecule has 4 aliphatic carbocycles. The van der Waals surface area contributed by atoms with Gasteiger partial charge in [-0.1, -0.05) is 52.3 Å². The van der Waals surface area contributed by atoms with E-state index in [1.807, 2.05) is 0 Å². The first-order chi connectivity index (χ1) is 29.2. The minimum absolute atomic E-state index is 0.0889. The van der Waals surface area contributed by atoms with Crippen LogP contribution in [0, 0.1) is 46.3 Å². The number of hydrogen-bond donors (Lipinski definition) is 11. The molecule has 0 amide bonds. The predicted molar refractivity (Wildman–Crippen MR) is 220 cm³/mol. The smallest absolute Gasteiger partial charge is 0.218 e. The summed E-state index contributed by atoms with van der Waals surface area (Å²) in [6.07, 6.45) is -7.66. The summed E-state index contributed by atoms with van der Waals surface area (Å²) in [6, 6.07) is 0. The highest BCUT2D eigenvalue weighted by atomic mass is 16.8. The lowest BCUT2D eigenvalue weighted by Crippen LogP contribution is -2.65. The molecule has 17 heteroatoms. The van der Waals surface area contributed by atoms with Crippen molar-refractivity contribution in [2.75, 3.05) is 13.2 Å². The van der Waals surface area contributed by atoms with Crippen LogP contribution in [-0.4, -0.2) is 156 Å². The zero-order chi connectivity index (χ0) is 45.2. The molecule has 0 aromatic carbocycles. The Kier molecular flexibility index (Phi) is 14.4. The number of aliphatic hydroxyl groups is 10. The monoisotopic (exact) mass is 883 g/mol. The van der Waals surface area contributed by atoms with Crippen molar-refractivity contribution < 1.29 is 79.5 Å². The normalized spacial score (nSPS) is 49.4. The van der Waals surface area contributed by atoms with Gasteiger partial charge in [-0.15, -0.1) is 0 Å². The Hall–Kier alpha value is -1.78. The van der Waals surface area contributed by atoms with Crippen LogP contribution in [0.1, 0.15) is 92.9 Å². The van der Waals surface area contributed by atoms with Crippen LogP contribution in [0.3, 0.4) is 0 Å². The van der Waals surface area contributed by atoms with Gasteiger partial charge in [0.1, 0.15) is 54.6 Å². The molecule has 17 nitrogen and oxygen atoms in total. The average Bonchev–Trinajstić information content (AvgIpc) is 3.67. The van der Waals surface area contributed by atoms with E-state index in [0.717, 1.165) is 32.1 Å². The largest absolute Gasteiger partial charge is 0.506 e. The Morgan fingerprint density at radius 3 is 2.31 bits per heavy atom. The van der Waals surface area contributed by atoms with Crippen molar-refractivity contribution in [3.8, 4) is 0 Å². The highest BCUT2D eigenvalue weighted by Crippen LogP contribution is 2.70. The molecule has 3 saturated carbocycles. The lowest BCUT2D eigenvalue weighted by atomic mass is 9.47. The number of hydrogen-bond acceptors (Lipinski definition) is 17. The van der Waals surface area contributed by atoms with Crippen LogP contribution in [0.15, 0.2) is 35.3 Å². The van der Waals surface area contributed by atoms with Crippen LogP contribution in [0.5, 0.6) is 0 Å². The summed E-state index contributed by atoms with van der Waals surface area (Å²) in [4.78, 5) is 0. The molecule has 3 aliphatic heterocycles. The number of rotatable bonds is 13. The molecule has 3 saturated heterocycles. The van der Waals surface area contributed by atoms with Crippen molar-refractivity contribution in [2.24, 2.45) is 52.1 Å². The van der Waals surface area contributed by atoms with Gasteiger partial charge in [-0.3, -0.25) is 5.73 Å². The van der Waals surface area contributed by atoms with Crippen molar-refractivity contribution in [1.82, 2.24) is 0 Å². The minimum Gasteiger partial charge on any atom is -0.506 e. The topological polar surface area (TPSA) is 284 Å². The third-order valence-corrected chi connectivity index (χ3v) is 16.2. The quantitative estimate of drug-likeness (QED) is 0.0711. The van der Waals surface area contributed by atoms with Gasteiger partial charge in [0.05, 0.1) is 24.9 Å². The third kappa shape index (κ3) is 8.56. The second-order valence-electron chi connectivity index (χ2n) is 20.2. The van der Waals surface area contributed by atoms with Crippen LogP contribution in [0.25, 0.3) is 0 Å². The zero-order valence-corrected chi connectivity index (χ0v) is 36.8. The van der Waals surface area contributed by atoms with Crippen molar-refractivity contribution >= 4 is 0 Å². The molecular formula is C45H73NO16. The van der Waals surface area contributed by atoms with E-state index < -0.39 is 110 Å². The standard InChI is InChI=1S/C45H73NO16/c1-20(2)9-15-45(46)21(3)31-29(62-45)18-27-25-8-7-23-17-24(10-13-43(23,5)26(25)11-14-44(27,31)6)58-42-39(61-41-37(55)35(53)32(50)22(4)57-41)38(34(52)30(19-48)59-42)60-40(56)36(54)33(51)28(49)12-16-47/h7,9,15,20-22,24-32,34-35,37-42,47-56H,8,10-14,16-19,46H2,1-6H3/b15-9+,36-33+/t21-,22?,24?,25?,26?,27?,28?,29?,30?,31?,32?,34?,35?,37?,38?,39?,40?,41?,42?,43?,44?,45+/m0/s1. The second kappa shape index (κ2) is 18.5. The Labute approximate surface area is 364 Å². The lowest BCUT2D eigenvalue weighted by Gasteiger charge is -2.58. The Balaban J connectivity index is 1.11. The molecule has 0 aromatic heterocycles. The van der Waals surface area contributed by atoms with Crippen LogP contribution >= 0.6 is 0 Å². The van der Waals surface area contributed by atoms with E-state index in [9.17, 15) is 51.1 Å². The molecule has 22 atom stereocenters. The Morgan fingerprint density at radius 1 is 0.903 bits per heavy atom.